The van der Waals surface area contributed by atoms with E-state index in [0.29, 0.717) is 6.54 Å². The minimum Gasteiger partial charge on any atom is -0.454 e. The fourth-order valence-electron chi connectivity index (χ4n) is 3.17. The van der Waals surface area contributed by atoms with E-state index < -0.39 is 27.2 Å². The number of unbranched alkanes of at least 4 members (excludes halogenated alkanes) is 1. The molecule has 0 atom stereocenters. The van der Waals surface area contributed by atoms with Gasteiger partial charge in [0.05, 0.1) is 17.0 Å². The third-order valence-electron chi connectivity index (χ3n) is 4.92. The van der Waals surface area contributed by atoms with Crippen LogP contribution in [0.3, 0.4) is 0 Å². The number of H-pyrrole nitrogens is 1. The van der Waals surface area contributed by atoms with E-state index >= 15 is 0 Å². The number of fused-ring (bicyclic) bond motifs is 1. The normalized spacial score (nSPS) is 11.4. The first-order valence-electron chi connectivity index (χ1n) is 10.1. The van der Waals surface area contributed by atoms with E-state index in [2.05, 4.69) is 20.6 Å². The molecule has 0 saturated carbocycles. The lowest BCUT2D eigenvalue weighted by molar-refractivity contribution is 0.0459. The predicted molar refractivity (Wildman–Crippen MR) is 120 cm³/mol. The van der Waals surface area contributed by atoms with Gasteiger partial charge in [-0.1, -0.05) is 25.3 Å². The molecule has 0 saturated heterocycles. The van der Waals surface area contributed by atoms with E-state index in [1.54, 1.807) is 7.05 Å². The van der Waals surface area contributed by atoms with Gasteiger partial charge < -0.3 is 9.30 Å². The van der Waals surface area contributed by atoms with Crippen LogP contribution in [0.25, 0.3) is 11.2 Å². The molecule has 2 N–H and O–H groups in total. The van der Waals surface area contributed by atoms with Gasteiger partial charge in [0.1, 0.15) is 12.4 Å². The Hall–Kier alpha value is -3.69. The zero-order chi connectivity index (χ0) is 24.2. The Kier molecular flexibility index (Phi) is 7.15. The number of terminal acetylenes is 1. The van der Waals surface area contributed by atoms with Crippen LogP contribution in [0.1, 0.15) is 35.9 Å². The molecule has 0 aliphatic rings. The predicted octanol–water partition coefficient (Wildman–Crippen LogP) is 0.492. The third kappa shape index (κ3) is 5.05. The van der Waals surface area contributed by atoms with Gasteiger partial charge in [0.15, 0.2) is 11.2 Å². The molecule has 12 heteroatoms. The third-order valence-corrected chi connectivity index (χ3v) is 6.32. The zero-order valence-corrected chi connectivity index (χ0v) is 18.9. The maximum atomic E-state index is 12.5. The monoisotopic (exact) mass is 473 g/mol. The highest BCUT2D eigenvalue weighted by atomic mass is 32.2. The van der Waals surface area contributed by atoms with Crippen LogP contribution < -0.4 is 16.0 Å². The molecule has 0 amide bonds. The van der Waals surface area contributed by atoms with E-state index in [1.807, 2.05) is 6.92 Å². The summed E-state index contributed by atoms with van der Waals surface area (Å²) >= 11 is 0. The van der Waals surface area contributed by atoms with Gasteiger partial charge >= 0.3 is 11.7 Å². The van der Waals surface area contributed by atoms with Crippen molar-refractivity contribution in [2.24, 2.45) is 7.05 Å². The Morgan fingerprint density at radius 1 is 1.33 bits per heavy atom. The second-order valence-electron chi connectivity index (χ2n) is 7.16. The number of carbonyl (C=O) groups is 1. The van der Waals surface area contributed by atoms with Crippen molar-refractivity contribution in [1.29, 1.82) is 0 Å². The van der Waals surface area contributed by atoms with Crippen molar-refractivity contribution in [3.63, 3.8) is 0 Å². The fourth-order valence-corrected chi connectivity index (χ4v) is 4.15. The van der Waals surface area contributed by atoms with E-state index in [0.717, 1.165) is 12.8 Å². The van der Waals surface area contributed by atoms with Crippen LogP contribution in [-0.2, 0) is 35.0 Å². The van der Waals surface area contributed by atoms with Crippen molar-refractivity contribution >= 4 is 27.2 Å². The topological polar surface area (TPSA) is 145 Å². The number of sulfonamides is 1. The number of aryl methyl sites for hydroxylation is 2. The van der Waals surface area contributed by atoms with Crippen LogP contribution in [0.2, 0.25) is 0 Å². The molecule has 0 aliphatic heterocycles. The van der Waals surface area contributed by atoms with Crippen molar-refractivity contribution < 1.29 is 17.9 Å². The van der Waals surface area contributed by atoms with Gasteiger partial charge in [0.2, 0.25) is 10.0 Å². The average Bonchev–Trinajstić information content (AvgIpc) is 3.12. The molecule has 174 valence electrons. The second-order valence-corrected chi connectivity index (χ2v) is 8.92. The van der Waals surface area contributed by atoms with E-state index in [-0.39, 0.29) is 40.6 Å². The number of nitrogens with zero attached hydrogens (tertiary/aromatic N) is 3. The molecule has 0 aliphatic carbocycles. The van der Waals surface area contributed by atoms with Crippen LogP contribution >= 0.6 is 0 Å². The first-order valence-corrected chi connectivity index (χ1v) is 11.6. The number of esters is 1. The lowest BCUT2D eigenvalue weighted by Crippen LogP contribution is -2.31. The van der Waals surface area contributed by atoms with Crippen LogP contribution in [0, 0.1) is 12.3 Å². The first kappa shape index (κ1) is 24.0. The molecule has 2 heterocycles. The highest BCUT2D eigenvalue weighted by Crippen LogP contribution is 2.15. The summed E-state index contributed by atoms with van der Waals surface area (Å²) in [7, 11) is -2.30. The minimum atomic E-state index is -3.88. The standard InChI is InChI=1S/C21H23N5O6S/c1-4-6-11-26-18-17(19(27)24-21(26)29)25(3)16(23-18)13-32-20(28)14-8-7-9-15(12-14)33(30,31)22-10-5-2/h2,7-9,12,22H,4,6,10-11,13H2,1,3H3,(H,24,27,29). The number of imidazole rings is 1. The van der Waals surface area contributed by atoms with Crippen LogP contribution in [0.15, 0.2) is 38.8 Å². The molecular formula is C21H23N5O6S. The highest BCUT2D eigenvalue weighted by Gasteiger charge is 2.19. The van der Waals surface area contributed by atoms with Crippen molar-refractivity contribution in [3.8, 4) is 12.3 Å². The average molecular weight is 474 g/mol. The summed E-state index contributed by atoms with van der Waals surface area (Å²) in [6.07, 6.45) is 6.64. The van der Waals surface area contributed by atoms with Gasteiger partial charge in [-0.3, -0.25) is 14.3 Å². The number of aromatic amines is 1. The lowest BCUT2D eigenvalue weighted by atomic mass is 10.2. The van der Waals surface area contributed by atoms with Gasteiger partial charge in [-0.15, -0.1) is 6.42 Å². The highest BCUT2D eigenvalue weighted by molar-refractivity contribution is 7.89. The van der Waals surface area contributed by atoms with Crippen molar-refractivity contribution in [2.75, 3.05) is 6.54 Å². The Morgan fingerprint density at radius 2 is 2.09 bits per heavy atom. The van der Waals surface area contributed by atoms with Gasteiger partial charge in [-0.25, -0.2) is 23.0 Å². The van der Waals surface area contributed by atoms with Crippen molar-refractivity contribution in [3.05, 3.63) is 56.5 Å². The van der Waals surface area contributed by atoms with Gasteiger partial charge in [-0.05, 0) is 24.6 Å². The molecule has 0 bridgehead atoms. The molecule has 0 fully saturated rings. The molecule has 0 spiro atoms. The maximum Gasteiger partial charge on any atom is 0.338 e. The molecule has 0 radical (unpaired) electrons. The van der Waals surface area contributed by atoms with Crippen molar-refractivity contribution in [2.45, 2.75) is 37.8 Å². The molecule has 0 unspecified atom stereocenters. The zero-order valence-electron chi connectivity index (χ0n) is 18.1. The summed E-state index contributed by atoms with van der Waals surface area (Å²) in [6.45, 7) is 1.88. The number of rotatable bonds is 9. The van der Waals surface area contributed by atoms with Crippen molar-refractivity contribution in [1.82, 2.24) is 23.8 Å². The molecule has 3 rings (SSSR count). The summed E-state index contributed by atoms with van der Waals surface area (Å²) in [5.74, 6) is 1.64. The molecule has 1 aromatic carbocycles. The second kappa shape index (κ2) is 9.85. The number of hydrogen-bond donors (Lipinski definition) is 2. The van der Waals surface area contributed by atoms with Crippen LogP contribution in [0.4, 0.5) is 0 Å². The SMILES string of the molecule is C#CCNS(=O)(=O)c1cccc(C(=O)OCc2nc3c(c(=O)[nH]c(=O)n3CCCC)n2C)c1. The van der Waals surface area contributed by atoms with Crippen LogP contribution in [-0.4, -0.2) is 40.0 Å². The summed E-state index contributed by atoms with van der Waals surface area (Å²) in [4.78, 5) is 43.6. The smallest absolute Gasteiger partial charge is 0.338 e. The van der Waals surface area contributed by atoms with Gasteiger partial charge in [-0.2, -0.15) is 4.72 Å². The molecule has 11 nitrogen and oxygen atoms in total. The van der Waals surface area contributed by atoms with E-state index in [9.17, 15) is 22.8 Å². The summed E-state index contributed by atoms with van der Waals surface area (Å²) in [6, 6.07) is 5.30. The Balaban J connectivity index is 1.86. The van der Waals surface area contributed by atoms with Gasteiger partial charge in [0.25, 0.3) is 5.56 Å². The Labute approximate surface area is 189 Å². The molecule has 33 heavy (non-hydrogen) atoms. The summed E-state index contributed by atoms with van der Waals surface area (Å²) in [5, 5.41) is 0. The molecular weight excluding hydrogens is 450 g/mol. The quantitative estimate of drug-likeness (QED) is 0.340. The summed E-state index contributed by atoms with van der Waals surface area (Å²) in [5.41, 5.74) is -0.746. The van der Waals surface area contributed by atoms with E-state index in [1.165, 1.54) is 33.4 Å². The fraction of sp³-hybridized carbons (Fsp3) is 0.333. The number of nitrogens with one attached hydrogen (secondary N) is 2. The number of aromatic nitrogens is 4. The maximum absolute atomic E-state index is 12.5. The lowest BCUT2D eigenvalue weighted by Gasteiger charge is -2.07. The minimum absolute atomic E-state index is 0.00930. The number of hydrogen-bond acceptors (Lipinski definition) is 7. The molecule has 2 aromatic heterocycles. The molecule has 3 aromatic rings. The first-order chi connectivity index (χ1) is 15.7. The van der Waals surface area contributed by atoms with Crippen LogP contribution in [0.5, 0.6) is 0 Å². The number of ether oxygens (including phenoxy) is 1. The Bertz CT molecular complexity index is 1460. The Morgan fingerprint density at radius 3 is 2.79 bits per heavy atom. The number of carbonyl (C=O) groups excluding carboxylic acids is 1. The van der Waals surface area contributed by atoms with E-state index in [4.69, 9.17) is 11.2 Å². The number of benzene rings is 1. The summed E-state index contributed by atoms with van der Waals surface area (Å²) < 4.78 is 34.8. The largest absolute Gasteiger partial charge is 0.454 e. The van der Waals surface area contributed by atoms with Gasteiger partial charge in [0, 0.05) is 13.6 Å².